The van der Waals surface area contributed by atoms with E-state index >= 15 is 0 Å². The fraction of sp³-hybridized carbons (Fsp3) is 0.102. The zero-order chi connectivity index (χ0) is 32.1. The van der Waals surface area contributed by atoms with E-state index in [1.54, 1.807) is 0 Å². The minimum Gasteiger partial charge on any atom is -0.358 e. The summed E-state index contributed by atoms with van der Waals surface area (Å²) in [5.41, 5.74) is 14.7. The summed E-state index contributed by atoms with van der Waals surface area (Å²) in [6.45, 7) is 8.65. The third-order valence-electron chi connectivity index (χ3n) is 10.1. The molecule has 0 saturated heterocycles. The second-order valence-electron chi connectivity index (χ2n) is 13.3. The van der Waals surface area contributed by atoms with Gasteiger partial charge in [-0.2, -0.15) is 12.1 Å². The Morgan fingerprint density at radius 1 is 0.400 bits per heavy atom. The number of hydrogen-bond donors (Lipinski definition) is 0. The van der Waals surface area contributed by atoms with Crippen molar-refractivity contribution in [2.45, 2.75) is 33.1 Å². The maximum atomic E-state index is 2.46. The molecular formula is C49H44Hf. The van der Waals surface area contributed by atoms with E-state index in [2.05, 4.69) is 185 Å². The number of benzene rings is 6. The largest absolute Gasteiger partial charge is 4.00 e. The van der Waals surface area contributed by atoms with Crippen LogP contribution in [0.15, 0.2) is 158 Å². The van der Waals surface area contributed by atoms with Gasteiger partial charge < -0.3 is 14.9 Å². The van der Waals surface area contributed by atoms with Crippen LogP contribution in [-0.2, 0) is 31.3 Å². The van der Waals surface area contributed by atoms with Gasteiger partial charge in [-0.05, 0) is 49.9 Å². The molecule has 0 aliphatic rings. The summed E-state index contributed by atoms with van der Waals surface area (Å²) in [4.78, 5) is 0. The molecule has 0 aromatic heterocycles. The number of hydrogen-bond acceptors (Lipinski definition) is 0. The molecule has 8 aromatic rings. The average molecular weight is 811 g/mol. The molecule has 244 valence electrons. The van der Waals surface area contributed by atoms with Crippen molar-refractivity contribution in [3.05, 3.63) is 217 Å². The van der Waals surface area contributed by atoms with E-state index < -0.39 is 5.41 Å². The normalized spacial score (nSPS) is 11.1. The van der Waals surface area contributed by atoms with Gasteiger partial charge in [-0.25, -0.2) is 0 Å². The van der Waals surface area contributed by atoms with Gasteiger partial charge in [0.15, 0.2) is 0 Å². The van der Waals surface area contributed by atoms with E-state index in [1.165, 1.54) is 88.3 Å². The van der Waals surface area contributed by atoms with Gasteiger partial charge in [0.05, 0.1) is 0 Å². The van der Waals surface area contributed by atoms with E-state index in [9.17, 15) is 0 Å². The molecule has 0 amide bonds. The van der Waals surface area contributed by atoms with Gasteiger partial charge in [-0.3, -0.25) is 0 Å². The summed E-state index contributed by atoms with van der Waals surface area (Å²) in [6, 6.07) is 59.5. The molecule has 8 aromatic carbocycles. The number of aryl methyl sites for hydroxylation is 4. The molecule has 0 heterocycles. The summed E-state index contributed by atoms with van der Waals surface area (Å²) in [5, 5.41) is 5.09. The molecule has 0 unspecified atom stereocenters. The second kappa shape index (κ2) is 14.7. The first kappa shape index (κ1) is 36.7. The standard InChI is InChI=1S/C47H38.2CH3.Hf/c1-31-11-19-35(20-12-31)43-9-5-7-37-27-41(29-45(37)43)47(39-23-15-33(3)16-24-39,40-25-17-34(4)18-26-40)42-28-38-8-6-10-44(46(38)30-42)36-21-13-32(2)14-22-36;;;/h5-30H,1-4H3;2*1H3;/q-2;2*-1;+4. The SMILES string of the molecule is Cc1ccc(-c2cccc3[cH-]c(C(c4ccc(C)cc4)(c4ccc(C)cc4)c4cc5c(-c6ccc(C)cc6)cccc5[cH-]4)cc23)cc1.[CH3-].[CH3-].[Hf+4]. The Kier molecular flexibility index (Phi) is 10.8. The van der Waals surface area contributed by atoms with Gasteiger partial charge in [0.25, 0.3) is 0 Å². The fourth-order valence-corrected chi connectivity index (χ4v) is 7.48. The third-order valence-corrected chi connectivity index (χ3v) is 10.1. The van der Waals surface area contributed by atoms with Gasteiger partial charge in [0.1, 0.15) is 0 Å². The molecular weight excluding hydrogens is 767 g/mol. The molecule has 50 heavy (non-hydrogen) atoms. The molecule has 0 fully saturated rings. The van der Waals surface area contributed by atoms with E-state index in [-0.39, 0.29) is 40.7 Å². The Morgan fingerprint density at radius 3 is 1.06 bits per heavy atom. The molecule has 0 bridgehead atoms. The van der Waals surface area contributed by atoms with Crippen LogP contribution in [0.3, 0.4) is 0 Å². The first-order valence-electron chi connectivity index (χ1n) is 16.6. The Labute approximate surface area is 318 Å². The minimum absolute atomic E-state index is 0. The molecule has 0 spiro atoms. The van der Waals surface area contributed by atoms with Crippen molar-refractivity contribution in [3.8, 4) is 22.3 Å². The van der Waals surface area contributed by atoms with Crippen LogP contribution in [-0.4, -0.2) is 0 Å². The maximum absolute atomic E-state index is 2.46. The van der Waals surface area contributed by atoms with Crippen molar-refractivity contribution in [2.75, 3.05) is 0 Å². The first-order valence-corrected chi connectivity index (χ1v) is 16.6. The molecule has 0 radical (unpaired) electrons. The van der Waals surface area contributed by atoms with E-state index in [0.29, 0.717) is 0 Å². The van der Waals surface area contributed by atoms with Crippen LogP contribution in [0.1, 0.15) is 44.5 Å². The topological polar surface area (TPSA) is 0 Å². The molecule has 0 nitrogen and oxygen atoms in total. The molecule has 0 saturated carbocycles. The smallest absolute Gasteiger partial charge is 0.358 e. The van der Waals surface area contributed by atoms with Crippen molar-refractivity contribution in [1.82, 2.24) is 0 Å². The fourth-order valence-electron chi connectivity index (χ4n) is 7.48. The quantitative estimate of drug-likeness (QED) is 0.116. The maximum Gasteiger partial charge on any atom is 4.00 e. The van der Waals surface area contributed by atoms with Crippen molar-refractivity contribution < 1.29 is 25.8 Å². The Morgan fingerprint density at radius 2 is 0.720 bits per heavy atom. The zero-order valence-electron chi connectivity index (χ0n) is 30.0. The van der Waals surface area contributed by atoms with E-state index in [1.807, 2.05) is 0 Å². The van der Waals surface area contributed by atoms with Crippen molar-refractivity contribution in [3.63, 3.8) is 0 Å². The van der Waals surface area contributed by atoms with Crippen LogP contribution in [0.5, 0.6) is 0 Å². The summed E-state index contributed by atoms with van der Waals surface area (Å²) >= 11 is 0. The summed E-state index contributed by atoms with van der Waals surface area (Å²) < 4.78 is 0. The Hall–Kier alpha value is -4.59. The number of rotatable bonds is 6. The van der Waals surface area contributed by atoms with Crippen LogP contribution < -0.4 is 0 Å². The molecule has 0 aliphatic carbocycles. The Bertz CT molecular complexity index is 2170. The monoisotopic (exact) mass is 812 g/mol. The minimum atomic E-state index is -0.533. The van der Waals surface area contributed by atoms with Crippen molar-refractivity contribution in [2.24, 2.45) is 0 Å². The van der Waals surface area contributed by atoms with Crippen molar-refractivity contribution >= 4 is 21.5 Å². The Balaban J connectivity index is 0.00000162. The summed E-state index contributed by atoms with van der Waals surface area (Å²) in [5.74, 6) is 0. The van der Waals surface area contributed by atoms with Crippen LogP contribution in [0.4, 0.5) is 0 Å². The van der Waals surface area contributed by atoms with Crippen LogP contribution in [0.25, 0.3) is 43.8 Å². The van der Waals surface area contributed by atoms with Crippen LogP contribution >= 0.6 is 0 Å². The predicted molar refractivity (Wildman–Crippen MR) is 214 cm³/mol. The summed E-state index contributed by atoms with van der Waals surface area (Å²) in [6.07, 6.45) is 0. The van der Waals surface area contributed by atoms with Gasteiger partial charge in [-0.1, -0.05) is 143 Å². The number of fused-ring (bicyclic) bond motifs is 2. The molecule has 8 rings (SSSR count). The predicted octanol–water partition coefficient (Wildman–Crippen LogP) is 13.3. The van der Waals surface area contributed by atoms with Crippen LogP contribution in [0, 0.1) is 42.5 Å². The second-order valence-corrected chi connectivity index (χ2v) is 13.3. The van der Waals surface area contributed by atoms with Gasteiger partial charge in [0, 0.05) is 5.41 Å². The van der Waals surface area contributed by atoms with Gasteiger partial charge in [0.2, 0.25) is 0 Å². The molecule has 0 aliphatic heterocycles. The first-order chi connectivity index (χ1) is 22.9. The van der Waals surface area contributed by atoms with Gasteiger partial charge >= 0.3 is 25.8 Å². The molecule has 0 atom stereocenters. The molecule has 0 N–H and O–H groups in total. The average Bonchev–Trinajstić information content (AvgIpc) is 3.73. The zero-order valence-corrected chi connectivity index (χ0v) is 33.6. The molecule has 1 heteroatoms. The third kappa shape index (κ3) is 6.29. The van der Waals surface area contributed by atoms with Gasteiger partial charge in [-0.15, -0.1) is 69.1 Å². The summed E-state index contributed by atoms with van der Waals surface area (Å²) in [7, 11) is 0. The van der Waals surface area contributed by atoms with Crippen LogP contribution in [0.2, 0.25) is 0 Å². The van der Waals surface area contributed by atoms with E-state index in [0.717, 1.165) is 0 Å². The van der Waals surface area contributed by atoms with E-state index in [4.69, 9.17) is 0 Å². The van der Waals surface area contributed by atoms with Crippen molar-refractivity contribution in [1.29, 1.82) is 0 Å².